The van der Waals surface area contributed by atoms with Crippen molar-refractivity contribution >= 4 is 17.9 Å². The van der Waals surface area contributed by atoms with Crippen molar-refractivity contribution in [1.29, 1.82) is 0 Å². The molecule has 0 saturated carbocycles. The Balaban J connectivity index is 4.16. The summed E-state index contributed by atoms with van der Waals surface area (Å²) in [6.45, 7) is 8.99. The van der Waals surface area contributed by atoms with Crippen LogP contribution in [0.1, 0.15) is 285 Å². The van der Waals surface area contributed by atoms with E-state index in [1.165, 1.54) is 180 Å². The average molecular weight is 807 g/mol. The van der Waals surface area contributed by atoms with Crippen LogP contribution in [0.2, 0.25) is 0 Å². The number of rotatable bonds is 46. The van der Waals surface area contributed by atoms with Crippen LogP contribution < -0.4 is 0 Å². The van der Waals surface area contributed by atoms with Crippen molar-refractivity contribution in [3.8, 4) is 0 Å². The van der Waals surface area contributed by atoms with Crippen molar-refractivity contribution < 1.29 is 28.6 Å². The van der Waals surface area contributed by atoms with Crippen LogP contribution in [0.25, 0.3) is 0 Å². The van der Waals surface area contributed by atoms with Gasteiger partial charge in [0, 0.05) is 19.3 Å². The van der Waals surface area contributed by atoms with Crippen LogP contribution >= 0.6 is 0 Å². The highest BCUT2D eigenvalue weighted by molar-refractivity contribution is 5.71. The maximum atomic E-state index is 12.6. The Morgan fingerprint density at radius 2 is 0.579 bits per heavy atom. The topological polar surface area (TPSA) is 78.9 Å². The van der Waals surface area contributed by atoms with E-state index < -0.39 is 6.10 Å². The van der Waals surface area contributed by atoms with Crippen molar-refractivity contribution in [3.63, 3.8) is 0 Å². The highest BCUT2D eigenvalue weighted by Gasteiger charge is 2.19. The van der Waals surface area contributed by atoms with Crippen LogP contribution in [0.5, 0.6) is 0 Å². The van der Waals surface area contributed by atoms with Gasteiger partial charge in [0.1, 0.15) is 13.2 Å². The first-order chi connectivity index (χ1) is 27.9. The molecule has 0 aliphatic rings. The zero-order valence-electron chi connectivity index (χ0n) is 38.8. The number of carbonyl (C=O) groups is 3. The molecule has 0 aliphatic heterocycles. The molecule has 0 spiro atoms. The third kappa shape index (κ3) is 45.3. The summed E-state index contributed by atoms with van der Waals surface area (Å²) < 4.78 is 16.7. The summed E-state index contributed by atoms with van der Waals surface area (Å²) in [4.78, 5) is 37.7. The van der Waals surface area contributed by atoms with Crippen LogP contribution in [0.4, 0.5) is 0 Å². The van der Waals surface area contributed by atoms with E-state index in [2.05, 4.69) is 27.7 Å². The van der Waals surface area contributed by atoms with E-state index >= 15 is 0 Å². The summed E-state index contributed by atoms with van der Waals surface area (Å²) in [7, 11) is 0. The van der Waals surface area contributed by atoms with E-state index in [9.17, 15) is 14.4 Å². The number of hydrogen-bond acceptors (Lipinski definition) is 6. The van der Waals surface area contributed by atoms with E-state index in [1.54, 1.807) is 0 Å². The summed E-state index contributed by atoms with van der Waals surface area (Å²) in [6.07, 6.45) is 46.7. The molecule has 0 unspecified atom stereocenters. The molecule has 0 aromatic rings. The third-order valence-electron chi connectivity index (χ3n) is 11.5. The Hall–Kier alpha value is -1.59. The normalized spacial score (nSPS) is 11.9. The van der Waals surface area contributed by atoms with E-state index in [-0.39, 0.29) is 31.1 Å². The monoisotopic (exact) mass is 807 g/mol. The second-order valence-electron chi connectivity index (χ2n) is 17.9. The van der Waals surface area contributed by atoms with Crippen LogP contribution in [0.3, 0.4) is 0 Å². The fourth-order valence-corrected chi connectivity index (χ4v) is 7.69. The summed E-state index contributed by atoms with van der Waals surface area (Å²) in [5.41, 5.74) is 0. The number of esters is 3. The fraction of sp³-hybridized carbons (Fsp3) is 0.941. The zero-order valence-corrected chi connectivity index (χ0v) is 38.8. The molecule has 0 N–H and O–H groups in total. The quantitative estimate of drug-likeness (QED) is 0.0346. The van der Waals surface area contributed by atoms with E-state index in [1.807, 2.05) is 0 Å². The Bertz CT molecular complexity index is 857. The lowest BCUT2D eigenvalue weighted by Crippen LogP contribution is -2.30. The molecule has 0 bridgehead atoms. The van der Waals surface area contributed by atoms with Crippen molar-refractivity contribution in [3.05, 3.63) is 0 Å². The molecule has 338 valence electrons. The van der Waals surface area contributed by atoms with E-state index in [0.29, 0.717) is 19.3 Å². The van der Waals surface area contributed by atoms with Crippen molar-refractivity contribution in [1.82, 2.24) is 0 Å². The van der Waals surface area contributed by atoms with E-state index in [4.69, 9.17) is 14.2 Å². The molecule has 0 radical (unpaired) electrons. The van der Waals surface area contributed by atoms with Gasteiger partial charge >= 0.3 is 17.9 Å². The maximum absolute atomic E-state index is 12.6. The minimum Gasteiger partial charge on any atom is -0.462 e. The molecule has 0 amide bonds. The van der Waals surface area contributed by atoms with Gasteiger partial charge in [0.15, 0.2) is 6.10 Å². The summed E-state index contributed by atoms with van der Waals surface area (Å²) in [6, 6.07) is 0. The molecule has 57 heavy (non-hydrogen) atoms. The van der Waals surface area contributed by atoms with Crippen LogP contribution in [-0.4, -0.2) is 37.2 Å². The molecular formula is C51H98O6. The highest BCUT2D eigenvalue weighted by atomic mass is 16.6. The van der Waals surface area contributed by atoms with Gasteiger partial charge in [-0.25, -0.2) is 0 Å². The second-order valence-corrected chi connectivity index (χ2v) is 17.9. The van der Waals surface area contributed by atoms with Crippen molar-refractivity contribution in [2.24, 2.45) is 5.92 Å². The molecule has 0 aliphatic carbocycles. The Labute approximate surface area is 355 Å². The van der Waals surface area contributed by atoms with Gasteiger partial charge in [0.05, 0.1) is 0 Å². The molecule has 0 saturated heterocycles. The lowest BCUT2D eigenvalue weighted by molar-refractivity contribution is -0.167. The van der Waals surface area contributed by atoms with Crippen LogP contribution in [0.15, 0.2) is 0 Å². The standard InChI is InChI=1S/C51H98O6/c1-5-7-9-11-13-14-15-16-17-18-19-20-24-27-31-34-38-42-49(52)55-45-48(57-51(54)44-40-36-29-12-10-8-6-2)46-56-50(53)43-39-35-32-28-25-22-21-23-26-30-33-37-41-47(3)4/h47-48H,5-46H2,1-4H3/t48-/m1/s1. The molecular weight excluding hydrogens is 709 g/mol. The molecule has 1 atom stereocenters. The van der Waals surface area contributed by atoms with Gasteiger partial charge in [-0.2, -0.15) is 0 Å². The predicted octanol–water partition coefficient (Wildman–Crippen LogP) is 16.3. The summed E-state index contributed by atoms with van der Waals surface area (Å²) >= 11 is 0. The number of ether oxygens (including phenoxy) is 3. The Morgan fingerprint density at radius 3 is 0.860 bits per heavy atom. The minimum atomic E-state index is -0.759. The smallest absolute Gasteiger partial charge is 0.306 e. The molecule has 0 fully saturated rings. The molecule has 6 heteroatoms. The first-order valence-corrected chi connectivity index (χ1v) is 25.4. The zero-order chi connectivity index (χ0) is 41.7. The Morgan fingerprint density at radius 1 is 0.333 bits per heavy atom. The lowest BCUT2D eigenvalue weighted by atomic mass is 10.0. The molecule has 6 nitrogen and oxygen atoms in total. The summed E-state index contributed by atoms with van der Waals surface area (Å²) in [5.74, 6) is -0.0193. The molecule has 0 rings (SSSR count). The molecule has 0 aromatic carbocycles. The van der Waals surface area contributed by atoms with E-state index in [0.717, 1.165) is 63.7 Å². The first kappa shape index (κ1) is 55.4. The highest BCUT2D eigenvalue weighted by Crippen LogP contribution is 2.17. The van der Waals surface area contributed by atoms with Crippen molar-refractivity contribution in [2.75, 3.05) is 13.2 Å². The van der Waals surface area contributed by atoms with Gasteiger partial charge in [-0.3, -0.25) is 14.4 Å². The van der Waals surface area contributed by atoms with Gasteiger partial charge in [0.2, 0.25) is 0 Å². The third-order valence-corrected chi connectivity index (χ3v) is 11.5. The Kier molecular flexibility index (Phi) is 44.2. The van der Waals surface area contributed by atoms with Gasteiger partial charge in [0.25, 0.3) is 0 Å². The molecule has 0 heterocycles. The van der Waals surface area contributed by atoms with Gasteiger partial charge in [-0.05, 0) is 25.2 Å². The number of carbonyl (C=O) groups excluding carboxylic acids is 3. The minimum absolute atomic E-state index is 0.0635. The maximum Gasteiger partial charge on any atom is 0.306 e. The first-order valence-electron chi connectivity index (χ1n) is 25.4. The van der Waals surface area contributed by atoms with Gasteiger partial charge in [-0.1, -0.05) is 246 Å². The summed E-state index contributed by atoms with van der Waals surface area (Å²) in [5, 5.41) is 0. The number of unbranched alkanes of at least 4 members (excludes halogenated alkanes) is 33. The molecule has 0 aromatic heterocycles. The largest absolute Gasteiger partial charge is 0.462 e. The van der Waals surface area contributed by atoms with Crippen molar-refractivity contribution in [2.45, 2.75) is 291 Å². The van der Waals surface area contributed by atoms with Crippen LogP contribution in [-0.2, 0) is 28.6 Å². The van der Waals surface area contributed by atoms with Gasteiger partial charge < -0.3 is 14.2 Å². The fourth-order valence-electron chi connectivity index (χ4n) is 7.69. The lowest BCUT2D eigenvalue weighted by Gasteiger charge is -2.18. The second kappa shape index (κ2) is 45.5. The van der Waals surface area contributed by atoms with Crippen LogP contribution in [0, 0.1) is 5.92 Å². The van der Waals surface area contributed by atoms with Gasteiger partial charge in [-0.15, -0.1) is 0 Å². The predicted molar refractivity (Wildman–Crippen MR) is 243 cm³/mol. The number of hydrogen-bond donors (Lipinski definition) is 0. The SMILES string of the molecule is CCCCCCCCCCCCCCCCCCCC(=O)OC[C@H](COC(=O)CCCCCCCCCCCCCCC(C)C)OC(=O)CCCCCCCCC. The average Bonchev–Trinajstić information content (AvgIpc) is 3.19.